The van der Waals surface area contributed by atoms with Gasteiger partial charge in [-0.2, -0.15) is 0 Å². The van der Waals surface area contributed by atoms with Crippen LogP contribution < -0.4 is 9.80 Å². The fourth-order valence-electron chi connectivity index (χ4n) is 9.07. The van der Waals surface area contributed by atoms with Crippen LogP contribution >= 0.6 is 0 Å². The topological polar surface area (TPSA) is 19.6 Å². The van der Waals surface area contributed by atoms with Gasteiger partial charge in [-0.15, -0.1) is 0 Å². The first-order chi connectivity index (χ1) is 27.5. The van der Waals surface area contributed by atoms with Gasteiger partial charge in [-0.1, -0.05) is 153 Å². The van der Waals surface area contributed by atoms with E-state index < -0.39 is 0 Å². The van der Waals surface area contributed by atoms with Crippen LogP contribution in [0.4, 0.5) is 34.1 Å². The van der Waals surface area contributed by atoms with Crippen molar-refractivity contribution in [3.63, 3.8) is 0 Å². The summed E-state index contributed by atoms with van der Waals surface area (Å²) in [6.45, 7) is 4.73. The molecule has 9 aromatic carbocycles. The SMILES string of the molecule is CC1(C)c2ccccc2N(c2c(N(c3ccccc3)c3ccc4ccccc4c3)ccc3ccccc23)c2ccc(-c3cccc4c3oc3ccccc34)cc21. The number of nitrogens with zero attached hydrogens (tertiary/aromatic N) is 2. The van der Waals surface area contributed by atoms with Crippen molar-refractivity contribution in [1.29, 1.82) is 0 Å². The summed E-state index contributed by atoms with van der Waals surface area (Å²) in [5.41, 5.74) is 13.1. The van der Waals surface area contributed by atoms with Crippen LogP contribution in [0.15, 0.2) is 199 Å². The van der Waals surface area contributed by atoms with Gasteiger partial charge in [0, 0.05) is 38.5 Å². The van der Waals surface area contributed by atoms with E-state index in [0.717, 1.165) is 55.8 Å². The fourth-order valence-corrected chi connectivity index (χ4v) is 9.07. The van der Waals surface area contributed by atoms with Gasteiger partial charge in [-0.25, -0.2) is 0 Å². The van der Waals surface area contributed by atoms with Crippen LogP contribution in [0.25, 0.3) is 54.6 Å². The Morgan fingerprint density at radius 1 is 0.464 bits per heavy atom. The molecule has 1 aliphatic heterocycles. The second-order valence-corrected chi connectivity index (χ2v) is 15.3. The van der Waals surface area contributed by atoms with Gasteiger partial charge in [-0.3, -0.25) is 0 Å². The van der Waals surface area contributed by atoms with E-state index in [2.05, 4.69) is 212 Å². The summed E-state index contributed by atoms with van der Waals surface area (Å²) in [4.78, 5) is 4.95. The van der Waals surface area contributed by atoms with E-state index >= 15 is 0 Å². The van der Waals surface area contributed by atoms with Crippen molar-refractivity contribution in [2.75, 3.05) is 9.80 Å². The number of para-hydroxylation sites is 4. The van der Waals surface area contributed by atoms with Crippen molar-refractivity contribution in [2.45, 2.75) is 19.3 Å². The van der Waals surface area contributed by atoms with Gasteiger partial charge < -0.3 is 14.2 Å². The van der Waals surface area contributed by atoms with Crippen LogP contribution in [0.3, 0.4) is 0 Å². The van der Waals surface area contributed by atoms with Crippen LogP contribution in [-0.4, -0.2) is 0 Å². The monoisotopic (exact) mass is 718 g/mol. The number of hydrogen-bond acceptors (Lipinski definition) is 3. The third-order valence-corrected chi connectivity index (χ3v) is 11.8. The van der Waals surface area contributed by atoms with Crippen molar-refractivity contribution < 1.29 is 4.42 Å². The molecule has 0 atom stereocenters. The lowest BCUT2D eigenvalue weighted by molar-refractivity contribution is 0.632. The standard InChI is InChI=1S/C53H38N2O/c1-53(2)45-24-11-12-25-47(45)55(48-31-29-38(34-46(48)53)42-22-14-23-44-43-21-10-13-26-50(43)56-52(42)44)51-41-20-9-8-16-36(41)28-32-49(51)54(39-18-4-3-5-19-39)40-30-27-35-15-6-7-17-37(35)33-40/h3-34H,1-2H3. The molecule has 1 aliphatic rings. The Labute approximate surface area is 326 Å². The number of rotatable bonds is 5. The van der Waals surface area contributed by atoms with Crippen molar-refractivity contribution >= 4 is 77.6 Å². The third-order valence-electron chi connectivity index (χ3n) is 11.8. The molecular weight excluding hydrogens is 681 g/mol. The first-order valence-corrected chi connectivity index (χ1v) is 19.4. The first kappa shape index (κ1) is 32.3. The molecule has 0 radical (unpaired) electrons. The summed E-state index contributed by atoms with van der Waals surface area (Å²) >= 11 is 0. The molecule has 0 bridgehead atoms. The maximum absolute atomic E-state index is 6.57. The zero-order chi connectivity index (χ0) is 37.4. The number of fused-ring (bicyclic) bond motifs is 7. The molecule has 56 heavy (non-hydrogen) atoms. The van der Waals surface area contributed by atoms with Crippen LogP contribution in [-0.2, 0) is 5.41 Å². The summed E-state index contributed by atoms with van der Waals surface area (Å²) in [6.07, 6.45) is 0. The molecule has 0 amide bonds. The highest BCUT2D eigenvalue weighted by Gasteiger charge is 2.39. The van der Waals surface area contributed by atoms with Crippen LogP contribution in [0, 0.1) is 0 Å². The maximum atomic E-state index is 6.57. The predicted octanol–water partition coefficient (Wildman–Crippen LogP) is 15.1. The van der Waals surface area contributed by atoms with Gasteiger partial charge in [0.1, 0.15) is 11.2 Å². The van der Waals surface area contributed by atoms with Gasteiger partial charge >= 0.3 is 0 Å². The van der Waals surface area contributed by atoms with Crippen LogP contribution in [0.1, 0.15) is 25.0 Å². The van der Waals surface area contributed by atoms with Crippen molar-refractivity contribution in [2.24, 2.45) is 0 Å². The lowest BCUT2D eigenvalue weighted by atomic mass is 9.72. The van der Waals surface area contributed by atoms with E-state index in [1.54, 1.807) is 0 Å². The summed E-state index contributed by atoms with van der Waals surface area (Å²) in [5, 5.41) is 7.07. The smallest absolute Gasteiger partial charge is 0.143 e. The second kappa shape index (κ2) is 12.5. The van der Waals surface area contributed by atoms with E-state index in [9.17, 15) is 0 Å². The predicted molar refractivity (Wildman–Crippen MR) is 236 cm³/mol. The second-order valence-electron chi connectivity index (χ2n) is 15.3. The summed E-state index contributed by atoms with van der Waals surface area (Å²) in [6, 6.07) is 70.3. The van der Waals surface area contributed by atoms with Gasteiger partial charge in [0.25, 0.3) is 0 Å². The van der Waals surface area contributed by atoms with Gasteiger partial charge in [-0.05, 0) is 87.4 Å². The summed E-state index contributed by atoms with van der Waals surface area (Å²) in [7, 11) is 0. The number of hydrogen-bond donors (Lipinski definition) is 0. The van der Waals surface area contributed by atoms with Gasteiger partial charge in [0.05, 0.1) is 22.7 Å². The molecule has 0 aliphatic carbocycles. The minimum Gasteiger partial charge on any atom is -0.455 e. The van der Waals surface area contributed by atoms with E-state index in [0.29, 0.717) is 0 Å². The van der Waals surface area contributed by atoms with Gasteiger partial charge in [0.2, 0.25) is 0 Å². The summed E-state index contributed by atoms with van der Waals surface area (Å²) in [5.74, 6) is 0. The molecule has 10 aromatic rings. The largest absolute Gasteiger partial charge is 0.455 e. The van der Waals surface area contributed by atoms with E-state index in [1.165, 1.54) is 44.0 Å². The van der Waals surface area contributed by atoms with E-state index in [1.807, 2.05) is 6.07 Å². The molecule has 0 saturated carbocycles. The maximum Gasteiger partial charge on any atom is 0.143 e. The molecule has 3 nitrogen and oxygen atoms in total. The molecule has 0 N–H and O–H groups in total. The molecule has 2 heterocycles. The Bertz CT molecular complexity index is 3140. The van der Waals surface area contributed by atoms with Crippen LogP contribution in [0.2, 0.25) is 0 Å². The molecule has 0 saturated heterocycles. The van der Waals surface area contributed by atoms with Crippen molar-refractivity contribution in [3.8, 4) is 11.1 Å². The molecule has 0 unspecified atom stereocenters. The fraction of sp³-hybridized carbons (Fsp3) is 0.0566. The molecule has 266 valence electrons. The third kappa shape index (κ3) is 4.91. The minimum atomic E-state index is -0.289. The Balaban J connectivity index is 1.19. The highest BCUT2D eigenvalue weighted by Crippen LogP contribution is 2.57. The minimum absolute atomic E-state index is 0.289. The number of furan rings is 1. The van der Waals surface area contributed by atoms with Crippen molar-refractivity contribution in [1.82, 2.24) is 0 Å². The molecular formula is C53H38N2O. The number of anilines is 6. The molecule has 11 rings (SSSR count). The average Bonchev–Trinajstić information content (AvgIpc) is 3.64. The summed E-state index contributed by atoms with van der Waals surface area (Å²) < 4.78 is 6.57. The first-order valence-electron chi connectivity index (χ1n) is 19.4. The van der Waals surface area contributed by atoms with Gasteiger partial charge in [0.15, 0.2) is 0 Å². The lowest BCUT2D eigenvalue weighted by Crippen LogP contribution is -2.31. The molecule has 0 fully saturated rings. The Morgan fingerprint density at radius 3 is 2.02 bits per heavy atom. The Hall–Kier alpha value is -7.10. The highest BCUT2D eigenvalue weighted by atomic mass is 16.3. The molecule has 1 aromatic heterocycles. The Kier molecular flexibility index (Phi) is 7.20. The average molecular weight is 719 g/mol. The zero-order valence-electron chi connectivity index (χ0n) is 31.3. The van der Waals surface area contributed by atoms with Crippen LogP contribution in [0.5, 0.6) is 0 Å². The highest BCUT2D eigenvalue weighted by molar-refractivity contribution is 6.11. The zero-order valence-corrected chi connectivity index (χ0v) is 31.3. The van der Waals surface area contributed by atoms with E-state index in [-0.39, 0.29) is 5.41 Å². The molecule has 3 heteroatoms. The van der Waals surface area contributed by atoms with Crippen molar-refractivity contribution in [3.05, 3.63) is 205 Å². The lowest BCUT2D eigenvalue weighted by Gasteiger charge is -2.44. The molecule has 0 spiro atoms. The number of benzene rings is 9. The quantitative estimate of drug-likeness (QED) is 0.177. The normalized spacial score (nSPS) is 13.3. The Morgan fingerprint density at radius 2 is 1.14 bits per heavy atom. The van der Waals surface area contributed by atoms with E-state index in [4.69, 9.17) is 4.42 Å².